The van der Waals surface area contributed by atoms with Crippen LogP contribution in [-0.4, -0.2) is 63.2 Å². The first-order chi connectivity index (χ1) is 13.1. The minimum absolute atomic E-state index is 0.00978. The average molecular weight is 375 g/mol. The molecule has 0 saturated carbocycles. The number of nitrogens with zero attached hydrogens (tertiary/aromatic N) is 1. The second-order valence-corrected chi connectivity index (χ2v) is 7.22. The molecule has 0 spiro atoms. The molecule has 2 fully saturated rings. The zero-order chi connectivity index (χ0) is 19.2. The van der Waals surface area contributed by atoms with Crippen LogP contribution in [0.5, 0.6) is 11.5 Å². The molecule has 1 aromatic carbocycles. The lowest BCUT2D eigenvalue weighted by molar-refractivity contribution is -0.123. The first-order valence-corrected chi connectivity index (χ1v) is 9.64. The largest absolute Gasteiger partial charge is 0.493 e. The van der Waals surface area contributed by atoms with Gasteiger partial charge in [-0.3, -0.25) is 9.59 Å². The minimum Gasteiger partial charge on any atom is -0.493 e. The summed E-state index contributed by atoms with van der Waals surface area (Å²) in [7, 11) is 3.13. The highest BCUT2D eigenvalue weighted by atomic mass is 16.5. The third-order valence-corrected chi connectivity index (χ3v) is 5.38. The van der Waals surface area contributed by atoms with Gasteiger partial charge in [-0.2, -0.15) is 0 Å². The second-order valence-electron chi connectivity index (χ2n) is 7.22. The Morgan fingerprint density at radius 1 is 1.19 bits per heavy atom. The third kappa shape index (κ3) is 4.71. The molecule has 0 aliphatic carbocycles. The van der Waals surface area contributed by atoms with Crippen LogP contribution in [0.1, 0.15) is 36.0 Å². The fourth-order valence-electron chi connectivity index (χ4n) is 3.84. The highest BCUT2D eigenvalue weighted by Crippen LogP contribution is 2.28. The van der Waals surface area contributed by atoms with Crippen molar-refractivity contribution in [3.8, 4) is 11.5 Å². The number of amides is 2. The van der Waals surface area contributed by atoms with Crippen LogP contribution < -0.4 is 20.1 Å². The number of likely N-dealkylation sites (tertiary alicyclic amines) is 1. The smallest absolute Gasteiger partial charge is 0.254 e. The van der Waals surface area contributed by atoms with Crippen molar-refractivity contribution in [3.63, 3.8) is 0 Å². The van der Waals surface area contributed by atoms with E-state index in [4.69, 9.17) is 9.47 Å². The Balaban J connectivity index is 1.57. The molecular weight excluding hydrogens is 346 g/mol. The van der Waals surface area contributed by atoms with Crippen molar-refractivity contribution >= 4 is 11.8 Å². The predicted octanol–water partition coefficient (Wildman–Crippen LogP) is 1.42. The average Bonchev–Trinajstić information content (AvgIpc) is 3.26. The van der Waals surface area contributed by atoms with E-state index in [0.29, 0.717) is 30.2 Å². The van der Waals surface area contributed by atoms with Gasteiger partial charge in [-0.1, -0.05) is 0 Å². The van der Waals surface area contributed by atoms with Crippen molar-refractivity contribution in [2.45, 2.75) is 31.7 Å². The number of benzene rings is 1. The number of carbonyl (C=O) groups excluding carboxylic acids is 2. The topological polar surface area (TPSA) is 79.9 Å². The number of carbonyl (C=O) groups is 2. The lowest BCUT2D eigenvalue weighted by Crippen LogP contribution is -2.46. The highest BCUT2D eigenvalue weighted by Gasteiger charge is 2.27. The van der Waals surface area contributed by atoms with Crippen molar-refractivity contribution in [1.82, 2.24) is 15.5 Å². The van der Waals surface area contributed by atoms with Crippen LogP contribution >= 0.6 is 0 Å². The molecule has 148 valence electrons. The van der Waals surface area contributed by atoms with E-state index < -0.39 is 0 Å². The first kappa shape index (κ1) is 19.5. The number of piperidine rings is 1. The van der Waals surface area contributed by atoms with E-state index in [-0.39, 0.29) is 23.8 Å². The summed E-state index contributed by atoms with van der Waals surface area (Å²) in [5.74, 6) is 1.51. The lowest BCUT2D eigenvalue weighted by atomic mass is 9.97. The summed E-state index contributed by atoms with van der Waals surface area (Å²) >= 11 is 0. The number of ether oxygens (including phenoxy) is 2. The van der Waals surface area contributed by atoms with E-state index in [9.17, 15) is 9.59 Å². The van der Waals surface area contributed by atoms with Gasteiger partial charge in [0.05, 0.1) is 20.3 Å². The standard InChI is InChI=1S/C20H29N3O4/c1-26-17-8-7-15(11-18(17)27-2)20(25)23-10-4-5-14(13-23)12-22-19(24)16-6-3-9-21-16/h7-8,11,14,16,21H,3-6,9-10,12-13H2,1-2H3,(H,22,24). The number of hydrogen-bond donors (Lipinski definition) is 2. The fourth-order valence-corrected chi connectivity index (χ4v) is 3.84. The van der Waals surface area contributed by atoms with E-state index in [2.05, 4.69) is 10.6 Å². The Kier molecular flexibility index (Phi) is 6.55. The quantitative estimate of drug-likeness (QED) is 0.786. The molecule has 2 aliphatic heterocycles. The number of nitrogens with one attached hydrogen (secondary N) is 2. The predicted molar refractivity (Wildman–Crippen MR) is 102 cm³/mol. The van der Waals surface area contributed by atoms with Gasteiger partial charge in [0.15, 0.2) is 11.5 Å². The SMILES string of the molecule is COc1ccc(C(=O)N2CCCC(CNC(=O)C3CCCN3)C2)cc1OC. The Hall–Kier alpha value is -2.28. The maximum Gasteiger partial charge on any atom is 0.254 e. The fraction of sp³-hybridized carbons (Fsp3) is 0.600. The molecule has 7 nitrogen and oxygen atoms in total. The molecule has 3 rings (SSSR count). The van der Waals surface area contributed by atoms with Crippen LogP contribution in [0.25, 0.3) is 0 Å². The van der Waals surface area contributed by atoms with E-state index >= 15 is 0 Å². The van der Waals surface area contributed by atoms with Crippen LogP contribution in [0.3, 0.4) is 0 Å². The number of hydrogen-bond acceptors (Lipinski definition) is 5. The summed E-state index contributed by atoms with van der Waals surface area (Å²) in [5, 5.41) is 6.27. The Labute approximate surface area is 160 Å². The molecule has 2 heterocycles. The first-order valence-electron chi connectivity index (χ1n) is 9.64. The highest BCUT2D eigenvalue weighted by molar-refractivity contribution is 5.95. The normalized spacial score (nSPS) is 22.4. The van der Waals surface area contributed by atoms with E-state index in [0.717, 1.165) is 38.8 Å². The molecule has 1 aromatic rings. The van der Waals surface area contributed by atoms with Gasteiger partial charge in [0.25, 0.3) is 5.91 Å². The molecule has 7 heteroatoms. The summed E-state index contributed by atoms with van der Waals surface area (Å²) in [4.78, 5) is 26.9. The number of methoxy groups -OCH3 is 2. The van der Waals surface area contributed by atoms with Crippen LogP contribution in [-0.2, 0) is 4.79 Å². The zero-order valence-corrected chi connectivity index (χ0v) is 16.1. The second kappa shape index (κ2) is 9.08. The van der Waals surface area contributed by atoms with Crippen molar-refractivity contribution in [2.24, 2.45) is 5.92 Å². The van der Waals surface area contributed by atoms with Crippen LogP contribution in [0.2, 0.25) is 0 Å². The summed E-state index contributed by atoms with van der Waals surface area (Å²) < 4.78 is 10.5. The summed E-state index contributed by atoms with van der Waals surface area (Å²) in [6.07, 6.45) is 3.92. The van der Waals surface area contributed by atoms with Crippen LogP contribution in [0.15, 0.2) is 18.2 Å². The Morgan fingerprint density at radius 2 is 2.00 bits per heavy atom. The van der Waals surface area contributed by atoms with E-state index in [1.54, 1.807) is 32.4 Å². The van der Waals surface area contributed by atoms with E-state index in [1.807, 2.05) is 4.90 Å². The van der Waals surface area contributed by atoms with Gasteiger partial charge in [0, 0.05) is 25.2 Å². The van der Waals surface area contributed by atoms with Gasteiger partial charge in [-0.15, -0.1) is 0 Å². The van der Waals surface area contributed by atoms with Crippen molar-refractivity contribution < 1.29 is 19.1 Å². The summed E-state index contributed by atoms with van der Waals surface area (Å²) in [6.45, 7) is 2.93. The molecule has 2 saturated heterocycles. The van der Waals surface area contributed by atoms with Crippen molar-refractivity contribution in [2.75, 3.05) is 40.4 Å². The molecule has 0 aromatic heterocycles. The molecule has 2 atom stereocenters. The summed E-state index contributed by atoms with van der Waals surface area (Å²) in [5.41, 5.74) is 0.590. The lowest BCUT2D eigenvalue weighted by Gasteiger charge is -2.33. The number of rotatable bonds is 6. The molecule has 2 aliphatic rings. The molecule has 2 amide bonds. The monoisotopic (exact) mass is 375 g/mol. The third-order valence-electron chi connectivity index (χ3n) is 5.38. The van der Waals surface area contributed by atoms with E-state index in [1.165, 1.54) is 0 Å². The maximum absolute atomic E-state index is 12.9. The molecule has 27 heavy (non-hydrogen) atoms. The van der Waals surface area contributed by atoms with Crippen LogP contribution in [0, 0.1) is 5.92 Å². The van der Waals surface area contributed by atoms with Crippen molar-refractivity contribution in [1.29, 1.82) is 0 Å². The van der Waals surface area contributed by atoms with Gasteiger partial charge < -0.3 is 25.0 Å². The molecule has 0 bridgehead atoms. The Morgan fingerprint density at radius 3 is 2.70 bits per heavy atom. The van der Waals surface area contributed by atoms with Gasteiger partial charge in [0.1, 0.15) is 0 Å². The van der Waals surface area contributed by atoms with Gasteiger partial charge in [0.2, 0.25) is 5.91 Å². The van der Waals surface area contributed by atoms with Gasteiger partial charge in [-0.25, -0.2) is 0 Å². The minimum atomic E-state index is -0.0573. The molecular formula is C20H29N3O4. The summed E-state index contributed by atoms with van der Waals surface area (Å²) in [6, 6.07) is 5.18. The van der Waals surface area contributed by atoms with Gasteiger partial charge >= 0.3 is 0 Å². The molecule has 2 N–H and O–H groups in total. The maximum atomic E-state index is 12.9. The zero-order valence-electron chi connectivity index (χ0n) is 16.1. The van der Waals surface area contributed by atoms with Crippen molar-refractivity contribution in [3.05, 3.63) is 23.8 Å². The molecule has 0 radical (unpaired) electrons. The Bertz CT molecular complexity index is 673. The van der Waals surface area contributed by atoms with Gasteiger partial charge in [-0.05, 0) is 56.3 Å². The van der Waals surface area contributed by atoms with Crippen LogP contribution in [0.4, 0.5) is 0 Å². The molecule has 2 unspecified atom stereocenters.